The summed E-state index contributed by atoms with van der Waals surface area (Å²) in [6, 6.07) is 0. The third kappa shape index (κ3) is 1.75. The van der Waals surface area contributed by atoms with Crippen LogP contribution in [0.2, 0.25) is 0 Å². The molecule has 2 fully saturated rings. The minimum atomic E-state index is -1.50. The molecule has 8 nitrogen and oxygen atoms in total. The summed E-state index contributed by atoms with van der Waals surface area (Å²) in [6.07, 6.45) is -1.49. The summed E-state index contributed by atoms with van der Waals surface area (Å²) >= 11 is 0. The zero-order valence-electron chi connectivity index (χ0n) is 9.49. The van der Waals surface area contributed by atoms with Crippen LogP contribution >= 0.6 is 0 Å². The van der Waals surface area contributed by atoms with Crippen LogP contribution in [0.4, 0.5) is 0 Å². The van der Waals surface area contributed by atoms with Gasteiger partial charge in [-0.3, -0.25) is 0 Å². The Morgan fingerprint density at radius 1 is 1.59 bits per heavy atom. The van der Waals surface area contributed by atoms with Gasteiger partial charge in [-0.1, -0.05) is 5.11 Å². The summed E-state index contributed by atoms with van der Waals surface area (Å²) in [7, 11) is 0. The summed E-state index contributed by atoms with van der Waals surface area (Å²) < 4.78 is 16.0. The molecule has 0 aromatic carbocycles. The number of hydrogen-bond donors (Lipinski definition) is 1. The first-order valence-electron chi connectivity index (χ1n) is 5.16. The van der Waals surface area contributed by atoms with Gasteiger partial charge in [0.1, 0.15) is 12.2 Å². The number of cyclic esters (lactones) is 1. The minimum Gasteiger partial charge on any atom is -0.457 e. The third-order valence-electron chi connectivity index (χ3n) is 2.80. The zero-order valence-corrected chi connectivity index (χ0v) is 9.49. The highest BCUT2D eigenvalue weighted by Gasteiger charge is 2.66. The van der Waals surface area contributed by atoms with Gasteiger partial charge in [-0.15, -0.1) is 0 Å². The first-order chi connectivity index (χ1) is 7.95. The van der Waals surface area contributed by atoms with E-state index in [0.717, 1.165) is 0 Å². The van der Waals surface area contributed by atoms with Gasteiger partial charge in [-0.25, -0.2) is 4.79 Å². The lowest BCUT2D eigenvalue weighted by molar-refractivity contribution is -0.202. The van der Waals surface area contributed by atoms with Crippen LogP contribution < -0.4 is 0 Å². The van der Waals surface area contributed by atoms with Crippen LogP contribution in [0.25, 0.3) is 10.4 Å². The summed E-state index contributed by atoms with van der Waals surface area (Å²) in [4.78, 5) is 14.3. The van der Waals surface area contributed by atoms with E-state index in [1.54, 1.807) is 13.8 Å². The fraction of sp³-hybridized carbons (Fsp3) is 0.889. The molecule has 0 unspecified atom stereocenters. The van der Waals surface area contributed by atoms with Gasteiger partial charge in [0.2, 0.25) is 5.60 Å². The van der Waals surface area contributed by atoms with Crippen molar-refractivity contribution in [3.63, 3.8) is 0 Å². The Morgan fingerprint density at radius 3 is 2.88 bits per heavy atom. The summed E-state index contributed by atoms with van der Waals surface area (Å²) in [5.41, 5.74) is 6.75. The molecule has 0 amide bonds. The van der Waals surface area contributed by atoms with Crippen molar-refractivity contribution in [1.29, 1.82) is 0 Å². The average Bonchev–Trinajstić information content (AvgIpc) is 2.68. The smallest absolute Gasteiger partial charge is 0.344 e. The number of aliphatic hydroxyl groups is 1. The van der Waals surface area contributed by atoms with Gasteiger partial charge < -0.3 is 19.3 Å². The van der Waals surface area contributed by atoms with E-state index in [1.807, 2.05) is 0 Å². The number of azide groups is 1. The van der Waals surface area contributed by atoms with Crippen LogP contribution in [0.3, 0.4) is 0 Å². The Bertz CT molecular complexity index is 392. The molecule has 2 heterocycles. The number of nitrogens with zero attached hydrogens (tertiary/aromatic N) is 3. The van der Waals surface area contributed by atoms with E-state index in [9.17, 15) is 9.90 Å². The molecule has 0 spiro atoms. The summed E-state index contributed by atoms with van der Waals surface area (Å²) in [5, 5.41) is 12.7. The van der Waals surface area contributed by atoms with E-state index in [2.05, 4.69) is 10.0 Å². The van der Waals surface area contributed by atoms with Crippen molar-refractivity contribution >= 4 is 5.97 Å². The molecule has 0 aliphatic carbocycles. The van der Waals surface area contributed by atoms with E-state index >= 15 is 0 Å². The Kier molecular flexibility index (Phi) is 2.75. The van der Waals surface area contributed by atoms with Gasteiger partial charge in [-0.2, -0.15) is 0 Å². The second kappa shape index (κ2) is 3.85. The van der Waals surface area contributed by atoms with Crippen molar-refractivity contribution in [3.8, 4) is 0 Å². The molecule has 1 N–H and O–H groups in total. The minimum absolute atomic E-state index is 0.0475. The molecule has 0 saturated carbocycles. The Morgan fingerprint density at radius 2 is 2.29 bits per heavy atom. The number of carbonyl (C=O) groups excluding carboxylic acids is 1. The number of aliphatic hydroxyl groups excluding tert-OH is 1. The number of fused-ring (bicyclic) bond motifs is 1. The second-order valence-corrected chi connectivity index (χ2v) is 4.45. The van der Waals surface area contributed by atoms with E-state index in [4.69, 9.17) is 19.7 Å². The molecule has 3 atom stereocenters. The lowest BCUT2D eigenvalue weighted by atomic mass is 9.97. The molecular weight excluding hydrogens is 230 g/mol. The molecule has 2 saturated heterocycles. The summed E-state index contributed by atoms with van der Waals surface area (Å²) in [6.45, 7) is 2.70. The van der Waals surface area contributed by atoms with Crippen LogP contribution in [-0.4, -0.2) is 47.8 Å². The van der Waals surface area contributed by atoms with Gasteiger partial charge in [-0.05, 0) is 19.4 Å². The van der Waals surface area contributed by atoms with E-state index < -0.39 is 36.2 Å². The monoisotopic (exact) mass is 243 g/mol. The predicted octanol–water partition coefficient (Wildman–Crippen LogP) is 0.105. The van der Waals surface area contributed by atoms with Crippen molar-refractivity contribution < 1.29 is 24.1 Å². The first kappa shape index (κ1) is 12.1. The Balaban J connectivity index is 2.28. The van der Waals surface area contributed by atoms with E-state index in [1.165, 1.54) is 0 Å². The van der Waals surface area contributed by atoms with Crippen molar-refractivity contribution in [2.45, 2.75) is 37.4 Å². The number of carbonyl (C=O) groups is 1. The molecule has 8 heteroatoms. The fourth-order valence-electron chi connectivity index (χ4n) is 2.19. The maximum absolute atomic E-state index is 11.7. The third-order valence-corrected chi connectivity index (χ3v) is 2.80. The highest BCUT2D eigenvalue weighted by molar-refractivity contribution is 5.84. The largest absolute Gasteiger partial charge is 0.457 e. The van der Waals surface area contributed by atoms with E-state index in [0.29, 0.717) is 0 Å². The van der Waals surface area contributed by atoms with Crippen LogP contribution in [0, 0.1) is 0 Å². The van der Waals surface area contributed by atoms with Gasteiger partial charge in [0.15, 0.2) is 5.79 Å². The van der Waals surface area contributed by atoms with E-state index in [-0.39, 0.29) is 6.54 Å². The van der Waals surface area contributed by atoms with Gasteiger partial charge in [0.05, 0.1) is 13.2 Å². The van der Waals surface area contributed by atoms with Gasteiger partial charge >= 0.3 is 5.97 Å². The number of hydrogen-bond acceptors (Lipinski definition) is 6. The zero-order chi connectivity index (χ0) is 12.7. The van der Waals surface area contributed by atoms with Crippen molar-refractivity contribution in [3.05, 3.63) is 10.4 Å². The molecule has 94 valence electrons. The molecule has 0 aromatic heterocycles. The Hall–Kier alpha value is -1.34. The Labute approximate surface area is 97.1 Å². The molecule has 2 rings (SSSR count). The average molecular weight is 243 g/mol. The molecular formula is C9H13N3O5. The van der Waals surface area contributed by atoms with Crippen molar-refractivity contribution in [2.24, 2.45) is 5.11 Å². The number of rotatable bonds is 3. The highest BCUT2D eigenvalue weighted by atomic mass is 16.8. The fourth-order valence-corrected chi connectivity index (χ4v) is 2.19. The van der Waals surface area contributed by atoms with Crippen LogP contribution in [0.1, 0.15) is 13.8 Å². The maximum Gasteiger partial charge on any atom is 0.344 e. The molecule has 0 aromatic rings. The molecule has 0 bridgehead atoms. The standard InChI is InChI=1S/C9H13N3O5/c1-8(2)16-6-5(3-11-12-10)15-7(14)9(6,4-13)17-8/h5-6,13H,3-4H2,1-2H3/t5-,6-,9-/m1/s1. The lowest BCUT2D eigenvalue weighted by Crippen LogP contribution is -2.48. The van der Waals surface area contributed by atoms with Crippen molar-refractivity contribution in [1.82, 2.24) is 0 Å². The van der Waals surface area contributed by atoms with Crippen LogP contribution in [0.15, 0.2) is 5.11 Å². The van der Waals surface area contributed by atoms with Crippen molar-refractivity contribution in [2.75, 3.05) is 13.2 Å². The quantitative estimate of drug-likeness (QED) is 0.327. The predicted molar refractivity (Wildman–Crippen MR) is 53.7 cm³/mol. The normalized spacial score (nSPS) is 38.4. The van der Waals surface area contributed by atoms with Crippen LogP contribution in [0.5, 0.6) is 0 Å². The maximum atomic E-state index is 11.7. The summed E-state index contributed by atoms with van der Waals surface area (Å²) in [5.74, 6) is -1.67. The highest BCUT2D eigenvalue weighted by Crippen LogP contribution is 2.43. The number of esters is 1. The lowest BCUT2D eigenvalue weighted by Gasteiger charge is -2.22. The SMILES string of the molecule is CC1(C)O[C@@H]2[C@@H](CN=[N+]=[N-])OC(=O)[C@]2(CO)O1. The second-order valence-electron chi connectivity index (χ2n) is 4.45. The molecule has 2 aliphatic heterocycles. The topological polar surface area (TPSA) is 114 Å². The molecule has 2 aliphatic rings. The van der Waals surface area contributed by atoms with Gasteiger partial charge in [0, 0.05) is 4.91 Å². The number of ether oxygens (including phenoxy) is 3. The molecule has 0 radical (unpaired) electrons. The molecule has 17 heavy (non-hydrogen) atoms. The van der Waals surface area contributed by atoms with Gasteiger partial charge in [0.25, 0.3) is 0 Å². The van der Waals surface area contributed by atoms with Crippen LogP contribution in [-0.2, 0) is 19.0 Å². The first-order valence-corrected chi connectivity index (χ1v) is 5.16.